The van der Waals surface area contributed by atoms with Gasteiger partial charge in [-0.05, 0) is 54.3 Å². The average molecular weight is 446 g/mol. The second kappa shape index (κ2) is 9.07. The molecule has 170 valence electrons. The fourth-order valence-electron chi connectivity index (χ4n) is 4.27. The van der Waals surface area contributed by atoms with Crippen LogP contribution in [-0.4, -0.2) is 59.2 Å². The van der Waals surface area contributed by atoms with Gasteiger partial charge in [0, 0.05) is 37.3 Å². The van der Waals surface area contributed by atoms with Gasteiger partial charge < -0.3 is 19.5 Å². The van der Waals surface area contributed by atoms with E-state index in [4.69, 9.17) is 19.4 Å². The summed E-state index contributed by atoms with van der Waals surface area (Å²) in [6, 6.07) is 12.1. The number of rotatable bonds is 7. The van der Waals surface area contributed by atoms with Gasteiger partial charge in [0.05, 0.1) is 31.3 Å². The number of hydrogen-bond donors (Lipinski definition) is 2. The SMILES string of the molecule is COc1ccc2c(c1)CC(c1nc(N(C)CCCO)c3ccc(-c4cn[nH]c4)cc3n1)CO2. The smallest absolute Gasteiger partial charge is 0.139 e. The normalized spacial score (nSPS) is 15.2. The molecule has 8 heteroatoms. The van der Waals surface area contributed by atoms with E-state index in [-0.39, 0.29) is 12.5 Å². The molecule has 4 aromatic rings. The van der Waals surface area contributed by atoms with Gasteiger partial charge in [-0.25, -0.2) is 9.97 Å². The monoisotopic (exact) mass is 445 g/mol. The first-order chi connectivity index (χ1) is 16.2. The topological polar surface area (TPSA) is 96.4 Å². The zero-order valence-electron chi connectivity index (χ0n) is 18.8. The van der Waals surface area contributed by atoms with E-state index in [1.165, 1.54) is 0 Å². The number of nitrogens with zero attached hydrogens (tertiary/aromatic N) is 4. The van der Waals surface area contributed by atoms with Crippen LogP contribution >= 0.6 is 0 Å². The number of aliphatic hydroxyl groups is 1. The van der Waals surface area contributed by atoms with Gasteiger partial charge >= 0.3 is 0 Å². The molecule has 0 saturated heterocycles. The van der Waals surface area contributed by atoms with Crippen LogP contribution in [0, 0.1) is 0 Å². The first kappa shape index (κ1) is 21.2. The van der Waals surface area contributed by atoms with Crippen molar-refractivity contribution in [3.8, 4) is 22.6 Å². The highest BCUT2D eigenvalue weighted by Crippen LogP contribution is 2.36. The van der Waals surface area contributed by atoms with Crippen molar-refractivity contribution in [1.29, 1.82) is 0 Å². The maximum absolute atomic E-state index is 9.32. The fourth-order valence-corrected chi connectivity index (χ4v) is 4.27. The van der Waals surface area contributed by atoms with Crippen LogP contribution in [0.1, 0.15) is 23.7 Å². The van der Waals surface area contributed by atoms with Gasteiger partial charge in [-0.1, -0.05) is 6.07 Å². The molecule has 8 nitrogen and oxygen atoms in total. The summed E-state index contributed by atoms with van der Waals surface area (Å²) in [5.74, 6) is 3.34. The third kappa shape index (κ3) is 4.21. The maximum atomic E-state index is 9.32. The van der Waals surface area contributed by atoms with Crippen molar-refractivity contribution in [2.75, 3.05) is 38.8 Å². The van der Waals surface area contributed by atoms with Crippen molar-refractivity contribution in [1.82, 2.24) is 20.2 Å². The van der Waals surface area contributed by atoms with E-state index in [1.54, 1.807) is 13.3 Å². The molecule has 2 aromatic heterocycles. The van der Waals surface area contributed by atoms with Gasteiger partial charge in [0.25, 0.3) is 0 Å². The van der Waals surface area contributed by atoms with E-state index in [2.05, 4.69) is 33.3 Å². The van der Waals surface area contributed by atoms with Gasteiger partial charge in [-0.15, -0.1) is 0 Å². The van der Waals surface area contributed by atoms with Crippen LogP contribution in [0.5, 0.6) is 11.5 Å². The minimum atomic E-state index is 0.0246. The Kier molecular flexibility index (Phi) is 5.83. The Bertz CT molecular complexity index is 1260. The second-order valence-electron chi connectivity index (χ2n) is 8.31. The molecular formula is C25H27N5O3. The summed E-state index contributed by atoms with van der Waals surface area (Å²) < 4.78 is 11.4. The summed E-state index contributed by atoms with van der Waals surface area (Å²) in [6.07, 6.45) is 5.12. The van der Waals surface area contributed by atoms with Gasteiger partial charge in [-0.3, -0.25) is 5.10 Å². The molecule has 0 spiro atoms. The van der Waals surface area contributed by atoms with Crippen LogP contribution in [0.25, 0.3) is 22.0 Å². The lowest BCUT2D eigenvalue weighted by molar-refractivity contribution is 0.257. The zero-order chi connectivity index (χ0) is 22.8. The number of anilines is 1. The quantitative estimate of drug-likeness (QED) is 0.449. The minimum Gasteiger partial charge on any atom is -0.497 e. The van der Waals surface area contributed by atoms with E-state index in [0.29, 0.717) is 19.6 Å². The number of ether oxygens (including phenoxy) is 2. The molecule has 5 rings (SSSR count). The number of aromatic amines is 1. The summed E-state index contributed by atoms with van der Waals surface area (Å²) in [7, 11) is 3.67. The Balaban J connectivity index is 1.57. The third-order valence-electron chi connectivity index (χ3n) is 6.08. The van der Waals surface area contributed by atoms with E-state index in [1.807, 2.05) is 31.4 Å². The molecular weight excluding hydrogens is 418 g/mol. The van der Waals surface area contributed by atoms with Crippen molar-refractivity contribution in [3.05, 3.63) is 60.2 Å². The molecule has 0 aliphatic carbocycles. The van der Waals surface area contributed by atoms with Crippen LogP contribution in [0.2, 0.25) is 0 Å². The highest BCUT2D eigenvalue weighted by atomic mass is 16.5. The molecule has 2 aromatic carbocycles. The first-order valence-corrected chi connectivity index (χ1v) is 11.1. The summed E-state index contributed by atoms with van der Waals surface area (Å²) in [5.41, 5.74) is 4.02. The van der Waals surface area contributed by atoms with Gasteiger partial charge in [0.2, 0.25) is 0 Å². The second-order valence-corrected chi connectivity index (χ2v) is 8.31. The van der Waals surface area contributed by atoms with E-state index >= 15 is 0 Å². The zero-order valence-corrected chi connectivity index (χ0v) is 18.8. The summed E-state index contributed by atoms with van der Waals surface area (Å²) in [6.45, 7) is 1.36. The standard InChI is InChI=1S/C25H27N5O3/c1-30(8-3-9-31)25-21-6-4-16(19-13-26-27-14-19)12-22(21)28-24(29-25)18-10-17-11-20(32-2)5-7-23(17)33-15-18/h4-7,11-14,18,31H,3,8-10,15H2,1-2H3,(H,26,27). The van der Waals surface area contributed by atoms with Crippen LogP contribution in [-0.2, 0) is 6.42 Å². The molecule has 3 heterocycles. The minimum absolute atomic E-state index is 0.0246. The summed E-state index contributed by atoms with van der Waals surface area (Å²) >= 11 is 0. The fraction of sp³-hybridized carbons (Fsp3) is 0.320. The van der Waals surface area contributed by atoms with Crippen molar-refractivity contribution in [2.24, 2.45) is 0 Å². The van der Waals surface area contributed by atoms with Crippen molar-refractivity contribution < 1.29 is 14.6 Å². The first-order valence-electron chi connectivity index (χ1n) is 11.1. The molecule has 0 radical (unpaired) electrons. The predicted molar refractivity (Wildman–Crippen MR) is 127 cm³/mol. The molecule has 0 saturated carbocycles. The number of aromatic nitrogens is 4. The number of H-pyrrole nitrogens is 1. The van der Waals surface area contributed by atoms with E-state index in [9.17, 15) is 5.11 Å². The van der Waals surface area contributed by atoms with E-state index in [0.717, 1.165) is 57.2 Å². The number of hydrogen-bond acceptors (Lipinski definition) is 7. The lowest BCUT2D eigenvalue weighted by atomic mass is 9.95. The van der Waals surface area contributed by atoms with Gasteiger partial charge in [0.1, 0.15) is 23.1 Å². The number of methoxy groups -OCH3 is 1. The molecule has 0 bridgehead atoms. The Morgan fingerprint density at radius 2 is 2.09 bits per heavy atom. The molecule has 2 N–H and O–H groups in total. The largest absolute Gasteiger partial charge is 0.497 e. The Morgan fingerprint density at radius 3 is 2.88 bits per heavy atom. The molecule has 1 aliphatic rings. The van der Waals surface area contributed by atoms with Gasteiger partial charge in [-0.2, -0.15) is 5.10 Å². The summed E-state index contributed by atoms with van der Waals surface area (Å²) in [5, 5.41) is 17.2. The van der Waals surface area contributed by atoms with E-state index < -0.39 is 0 Å². The third-order valence-corrected chi connectivity index (χ3v) is 6.08. The molecule has 0 amide bonds. The van der Waals surface area contributed by atoms with Gasteiger partial charge in [0.15, 0.2) is 0 Å². The average Bonchev–Trinajstić information content (AvgIpc) is 3.40. The number of fused-ring (bicyclic) bond motifs is 2. The number of aliphatic hydroxyl groups excluding tert-OH is 1. The number of benzene rings is 2. The Hall–Kier alpha value is -3.65. The maximum Gasteiger partial charge on any atom is 0.139 e. The van der Waals surface area contributed by atoms with Crippen LogP contribution in [0.3, 0.4) is 0 Å². The molecule has 1 unspecified atom stereocenters. The van der Waals surface area contributed by atoms with Crippen LogP contribution in [0.15, 0.2) is 48.8 Å². The van der Waals surface area contributed by atoms with Crippen LogP contribution in [0.4, 0.5) is 5.82 Å². The van der Waals surface area contributed by atoms with Crippen molar-refractivity contribution in [2.45, 2.75) is 18.8 Å². The van der Waals surface area contributed by atoms with Crippen LogP contribution < -0.4 is 14.4 Å². The number of nitrogens with one attached hydrogen (secondary N) is 1. The van der Waals surface area contributed by atoms with Crippen molar-refractivity contribution >= 4 is 16.7 Å². The molecule has 33 heavy (non-hydrogen) atoms. The predicted octanol–water partition coefficient (Wildman–Crippen LogP) is 3.57. The molecule has 1 atom stereocenters. The lowest BCUT2D eigenvalue weighted by Crippen LogP contribution is -2.25. The molecule has 1 aliphatic heterocycles. The Labute approximate surface area is 192 Å². The lowest BCUT2D eigenvalue weighted by Gasteiger charge is -2.26. The molecule has 0 fully saturated rings. The highest BCUT2D eigenvalue weighted by molar-refractivity contribution is 5.92. The summed E-state index contributed by atoms with van der Waals surface area (Å²) in [4.78, 5) is 12.1. The van der Waals surface area contributed by atoms with Crippen molar-refractivity contribution in [3.63, 3.8) is 0 Å². The highest BCUT2D eigenvalue weighted by Gasteiger charge is 2.26. The Morgan fingerprint density at radius 1 is 1.18 bits per heavy atom.